The molecule has 0 heterocycles. The Morgan fingerprint density at radius 1 is 1.64 bits per heavy atom. The third-order valence-electron chi connectivity index (χ3n) is 2.18. The number of ketones is 1. The molecule has 0 unspecified atom stereocenters. The first-order chi connectivity index (χ1) is 5.15. The Morgan fingerprint density at radius 3 is 2.64 bits per heavy atom. The topological polar surface area (TPSA) is 37.3 Å². The van der Waals surface area contributed by atoms with Crippen LogP contribution in [0.15, 0.2) is 11.1 Å². The fraction of sp³-hybridized carbons (Fsp3) is 0.667. The zero-order chi connectivity index (χ0) is 8.43. The van der Waals surface area contributed by atoms with Gasteiger partial charge in [-0.25, -0.2) is 0 Å². The minimum atomic E-state index is 0.0216. The number of aliphatic hydroxyl groups excluding tert-OH is 1. The van der Waals surface area contributed by atoms with Crippen LogP contribution in [0.2, 0.25) is 0 Å². The molecule has 0 radical (unpaired) electrons. The highest BCUT2D eigenvalue weighted by molar-refractivity contribution is 5.98. The van der Waals surface area contributed by atoms with E-state index in [2.05, 4.69) is 6.92 Å². The summed E-state index contributed by atoms with van der Waals surface area (Å²) >= 11 is 0. The standard InChI is InChI=1S/C9H14O2/c1-6-3-8(7(2)5-10)9(11)4-6/h6,10H,3-5H2,1-2H3/b8-7-/t6-/m1/s1. The molecule has 0 bridgehead atoms. The van der Waals surface area contributed by atoms with Crippen LogP contribution >= 0.6 is 0 Å². The van der Waals surface area contributed by atoms with E-state index in [-0.39, 0.29) is 12.4 Å². The van der Waals surface area contributed by atoms with Crippen molar-refractivity contribution in [2.45, 2.75) is 26.7 Å². The highest BCUT2D eigenvalue weighted by Crippen LogP contribution is 2.28. The van der Waals surface area contributed by atoms with Crippen LogP contribution in [0.1, 0.15) is 26.7 Å². The number of aliphatic hydroxyl groups is 1. The molecule has 1 rings (SSSR count). The van der Waals surface area contributed by atoms with Crippen molar-refractivity contribution in [2.75, 3.05) is 6.61 Å². The maximum absolute atomic E-state index is 11.2. The molecule has 1 N–H and O–H groups in total. The summed E-state index contributed by atoms with van der Waals surface area (Å²) in [7, 11) is 0. The molecule has 0 amide bonds. The number of Topliss-reactive ketones (excluding diaryl/α,β-unsaturated/α-hetero) is 1. The van der Waals surface area contributed by atoms with E-state index in [1.54, 1.807) is 0 Å². The van der Waals surface area contributed by atoms with Gasteiger partial charge in [0.2, 0.25) is 0 Å². The van der Waals surface area contributed by atoms with E-state index in [0.29, 0.717) is 12.3 Å². The molecule has 1 aliphatic rings. The van der Waals surface area contributed by atoms with Crippen molar-refractivity contribution in [3.8, 4) is 0 Å². The van der Waals surface area contributed by atoms with Gasteiger partial charge in [-0.05, 0) is 30.4 Å². The molecule has 11 heavy (non-hydrogen) atoms. The summed E-state index contributed by atoms with van der Waals surface area (Å²) in [5.74, 6) is 0.697. The first-order valence-electron chi connectivity index (χ1n) is 3.97. The molecule has 0 aromatic heterocycles. The second-order valence-electron chi connectivity index (χ2n) is 3.35. The van der Waals surface area contributed by atoms with E-state index in [9.17, 15) is 4.79 Å². The van der Waals surface area contributed by atoms with Crippen molar-refractivity contribution in [2.24, 2.45) is 5.92 Å². The van der Waals surface area contributed by atoms with Crippen molar-refractivity contribution in [3.63, 3.8) is 0 Å². The zero-order valence-electron chi connectivity index (χ0n) is 7.05. The van der Waals surface area contributed by atoms with E-state index in [1.807, 2.05) is 6.92 Å². The van der Waals surface area contributed by atoms with Gasteiger partial charge in [0.25, 0.3) is 0 Å². The van der Waals surface area contributed by atoms with E-state index in [1.165, 1.54) is 0 Å². The van der Waals surface area contributed by atoms with E-state index in [0.717, 1.165) is 17.6 Å². The Kier molecular flexibility index (Phi) is 2.45. The number of carbonyl (C=O) groups excluding carboxylic acids is 1. The second-order valence-corrected chi connectivity index (χ2v) is 3.35. The van der Waals surface area contributed by atoms with Crippen LogP contribution in [0, 0.1) is 5.92 Å². The molecular weight excluding hydrogens is 140 g/mol. The summed E-state index contributed by atoms with van der Waals surface area (Å²) in [6.07, 6.45) is 1.51. The normalized spacial score (nSPS) is 29.4. The maximum atomic E-state index is 11.2. The summed E-state index contributed by atoms with van der Waals surface area (Å²) in [6, 6.07) is 0. The summed E-state index contributed by atoms with van der Waals surface area (Å²) in [5.41, 5.74) is 1.71. The first kappa shape index (κ1) is 8.47. The van der Waals surface area contributed by atoms with Crippen LogP contribution in [-0.4, -0.2) is 17.5 Å². The largest absolute Gasteiger partial charge is 0.392 e. The number of hydrogen-bond donors (Lipinski definition) is 1. The van der Waals surface area contributed by atoms with E-state index in [4.69, 9.17) is 5.11 Å². The summed E-state index contributed by atoms with van der Waals surface area (Å²) in [6.45, 7) is 3.91. The molecule has 2 heteroatoms. The number of carbonyl (C=O) groups is 1. The molecule has 0 saturated heterocycles. The predicted octanol–water partition coefficient (Wildman–Crippen LogP) is 1.29. The van der Waals surface area contributed by atoms with Gasteiger partial charge in [-0.15, -0.1) is 0 Å². The molecule has 1 aliphatic carbocycles. The van der Waals surface area contributed by atoms with Gasteiger partial charge in [-0.2, -0.15) is 0 Å². The molecule has 1 fully saturated rings. The molecule has 0 aromatic carbocycles. The van der Waals surface area contributed by atoms with Gasteiger partial charge in [0.05, 0.1) is 6.61 Å². The Hall–Kier alpha value is -0.630. The predicted molar refractivity (Wildman–Crippen MR) is 43.2 cm³/mol. The van der Waals surface area contributed by atoms with Gasteiger partial charge in [-0.1, -0.05) is 6.92 Å². The first-order valence-corrected chi connectivity index (χ1v) is 3.97. The Bertz CT molecular complexity index is 204. The second kappa shape index (κ2) is 3.18. The van der Waals surface area contributed by atoms with Crippen LogP contribution in [0.25, 0.3) is 0 Å². The quantitative estimate of drug-likeness (QED) is 0.578. The minimum absolute atomic E-state index is 0.0216. The SMILES string of the molecule is C/C(CO)=C1\C[C@@H](C)CC1=O. The van der Waals surface area contributed by atoms with Crippen LogP contribution in [0.3, 0.4) is 0 Å². The molecule has 0 aliphatic heterocycles. The van der Waals surface area contributed by atoms with Crippen molar-refractivity contribution in [3.05, 3.63) is 11.1 Å². The highest BCUT2D eigenvalue weighted by Gasteiger charge is 2.24. The Balaban J connectivity index is 2.82. The number of hydrogen-bond acceptors (Lipinski definition) is 2. The third kappa shape index (κ3) is 1.69. The molecular formula is C9H14O2. The van der Waals surface area contributed by atoms with Crippen LogP contribution in [-0.2, 0) is 4.79 Å². The van der Waals surface area contributed by atoms with Crippen LogP contribution in [0.5, 0.6) is 0 Å². The lowest BCUT2D eigenvalue weighted by molar-refractivity contribution is -0.114. The lowest BCUT2D eigenvalue weighted by Crippen LogP contribution is -1.98. The third-order valence-corrected chi connectivity index (χ3v) is 2.18. The summed E-state index contributed by atoms with van der Waals surface area (Å²) in [4.78, 5) is 11.2. The Morgan fingerprint density at radius 2 is 2.27 bits per heavy atom. The van der Waals surface area contributed by atoms with Crippen molar-refractivity contribution in [1.82, 2.24) is 0 Å². The molecule has 0 spiro atoms. The Labute approximate surface area is 66.9 Å². The van der Waals surface area contributed by atoms with Gasteiger partial charge < -0.3 is 5.11 Å². The maximum Gasteiger partial charge on any atom is 0.159 e. The van der Waals surface area contributed by atoms with Gasteiger partial charge in [0.1, 0.15) is 0 Å². The van der Waals surface area contributed by atoms with Gasteiger partial charge in [-0.3, -0.25) is 4.79 Å². The minimum Gasteiger partial charge on any atom is -0.392 e. The van der Waals surface area contributed by atoms with Crippen molar-refractivity contribution < 1.29 is 9.90 Å². The van der Waals surface area contributed by atoms with Gasteiger partial charge in [0.15, 0.2) is 5.78 Å². The lowest BCUT2D eigenvalue weighted by atomic mass is 10.1. The molecule has 1 atom stereocenters. The molecule has 1 saturated carbocycles. The molecule has 2 nitrogen and oxygen atoms in total. The zero-order valence-corrected chi connectivity index (χ0v) is 7.05. The van der Waals surface area contributed by atoms with Gasteiger partial charge in [0, 0.05) is 6.42 Å². The average Bonchev–Trinajstić information content (AvgIpc) is 2.28. The smallest absolute Gasteiger partial charge is 0.159 e. The summed E-state index contributed by atoms with van der Waals surface area (Å²) < 4.78 is 0. The monoisotopic (exact) mass is 154 g/mol. The molecule has 0 aromatic rings. The van der Waals surface area contributed by atoms with Crippen LogP contribution < -0.4 is 0 Å². The fourth-order valence-electron chi connectivity index (χ4n) is 1.48. The van der Waals surface area contributed by atoms with E-state index >= 15 is 0 Å². The number of allylic oxidation sites excluding steroid dienone is 1. The number of rotatable bonds is 1. The highest BCUT2D eigenvalue weighted by atomic mass is 16.3. The molecule has 62 valence electrons. The summed E-state index contributed by atoms with van der Waals surface area (Å²) in [5, 5.41) is 8.79. The van der Waals surface area contributed by atoms with Crippen molar-refractivity contribution >= 4 is 5.78 Å². The van der Waals surface area contributed by atoms with Crippen molar-refractivity contribution in [1.29, 1.82) is 0 Å². The van der Waals surface area contributed by atoms with Gasteiger partial charge >= 0.3 is 0 Å². The fourth-order valence-corrected chi connectivity index (χ4v) is 1.48. The van der Waals surface area contributed by atoms with E-state index < -0.39 is 0 Å². The lowest BCUT2D eigenvalue weighted by Gasteiger charge is -1.99. The average molecular weight is 154 g/mol. The van der Waals surface area contributed by atoms with Crippen LogP contribution in [0.4, 0.5) is 0 Å².